The molecular formula is C14H22O4. The number of hydrogen-bond donors (Lipinski definition) is 1. The lowest BCUT2D eigenvalue weighted by atomic mass is 9.83. The first kappa shape index (κ1) is 13.5. The van der Waals surface area contributed by atoms with Crippen molar-refractivity contribution in [2.24, 2.45) is 23.7 Å². The van der Waals surface area contributed by atoms with Crippen LogP contribution in [0.2, 0.25) is 0 Å². The Morgan fingerprint density at radius 3 is 2.56 bits per heavy atom. The monoisotopic (exact) mass is 254 g/mol. The summed E-state index contributed by atoms with van der Waals surface area (Å²) < 4.78 is 5.44. The molecule has 0 radical (unpaired) electrons. The van der Waals surface area contributed by atoms with Crippen LogP contribution in [-0.4, -0.2) is 29.1 Å². The van der Waals surface area contributed by atoms with Crippen molar-refractivity contribution in [3.63, 3.8) is 0 Å². The highest BCUT2D eigenvalue weighted by Crippen LogP contribution is 2.50. The molecule has 0 saturated heterocycles. The maximum absolute atomic E-state index is 11.8. The van der Waals surface area contributed by atoms with Crippen molar-refractivity contribution in [1.82, 2.24) is 0 Å². The highest BCUT2D eigenvalue weighted by atomic mass is 16.6. The minimum Gasteiger partial charge on any atom is -0.459 e. The van der Waals surface area contributed by atoms with Crippen LogP contribution < -0.4 is 0 Å². The summed E-state index contributed by atoms with van der Waals surface area (Å²) in [6, 6.07) is 0. The summed E-state index contributed by atoms with van der Waals surface area (Å²) in [5.74, 6) is -0.0978. The van der Waals surface area contributed by atoms with Gasteiger partial charge in [0.1, 0.15) is 11.9 Å². The van der Waals surface area contributed by atoms with Crippen molar-refractivity contribution in [1.29, 1.82) is 0 Å². The average molecular weight is 254 g/mol. The first-order chi connectivity index (χ1) is 8.45. The second-order valence-corrected chi connectivity index (χ2v) is 5.81. The highest BCUT2D eigenvalue weighted by molar-refractivity contribution is 5.79. The fourth-order valence-electron chi connectivity index (χ4n) is 3.33. The molecule has 0 aliphatic heterocycles. The van der Waals surface area contributed by atoms with Crippen LogP contribution in [0.5, 0.6) is 0 Å². The molecule has 4 nitrogen and oxygen atoms in total. The van der Waals surface area contributed by atoms with Gasteiger partial charge in [-0.1, -0.05) is 13.8 Å². The van der Waals surface area contributed by atoms with E-state index in [9.17, 15) is 14.7 Å². The van der Waals surface area contributed by atoms with Gasteiger partial charge < -0.3 is 9.84 Å². The second kappa shape index (κ2) is 5.00. The molecule has 2 bridgehead atoms. The van der Waals surface area contributed by atoms with E-state index in [0.717, 1.165) is 19.3 Å². The minimum absolute atomic E-state index is 0.0118. The molecule has 0 spiro atoms. The maximum atomic E-state index is 11.8. The van der Waals surface area contributed by atoms with Gasteiger partial charge in [0.2, 0.25) is 0 Å². The quantitative estimate of drug-likeness (QED) is 0.773. The van der Waals surface area contributed by atoms with E-state index in [0.29, 0.717) is 0 Å². The zero-order chi connectivity index (χ0) is 13.4. The first-order valence-corrected chi connectivity index (χ1v) is 6.84. The summed E-state index contributed by atoms with van der Waals surface area (Å²) >= 11 is 0. The molecule has 2 rings (SSSR count). The van der Waals surface area contributed by atoms with Crippen molar-refractivity contribution < 1.29 is 19.4 Å². The highest BCUT2D eigenvalue weighted by Gasteiger charge is 2.55. The Hall–Kier alpha value is -0.900. The Bertz CT molecular complexity index is 350. The summed E-state index contributed by atoms with van der Waals surface area (Å²) in [6.45, 7) is 5.35. The summed E-state index contributed by atoms with van der Waals surface area (Å²) in [4.78, 5) is 23.2. The molecule has 0 aromatic heterocycles. The van der Waals surface area contributed by atoms with Gasteiger partial charge in [0.25, 0.3) is 0 Å². The smallest absolute Gasteiger partial charge is 0.309 e. The van der Waals surface area contributed by atoms with Crippen molar-refractivity contribution in [3.8, 4) is 0 Å². The zero-order valence-electron chi connectivity index (χ0n) is 11.3. The number of rotatable bonds is 4. The number of hydrogen-bond acceptors (Lipinski definition) is 4. The number of carbonyl (C=O) groups is 2. The van der Waals surface area contributed by atoms with E-state index in [1.165, 1.54) is 0 Å². The Balaban J connectivity index is 1.99. The van der Waals surface area contributed by atoms with Gasteiger partial charge in [-0.2, -0.15) is 0 Å². The molecule has 0 aromatic carbocycles. The summed E-state index contributed by atoms with van der Waals surface area (Å²) in [5.41, 5.74) is 0. The third-order valence-electron chi connectivity index (χ3n) is 4.68. The standard InChI is InChI=1S/C14H22O4/c1-4-7(2)14(17)18-13-9-5-10(8(3)15)11(6-9)12(13)16/h7,9-13,16H,4-6H2,1-3H3. The van der Waals surface area contributed by atoms with Crippen molar-refractivity contribution in [2.75, 3.05) is 0 Å². The molecule has 102 valence electrons. The van der Waals surface area contributed by atoms with Crippen molar-refractivity contribution >= 4 is 11.8 Å². The lowest BCUT2D eigenvalue weighted by Gasteiger charge is -2.31. The van der Waals surface area contributed by atoms with Crippen LogP contribution in [0.4, 0.5) is 0 Å². The fourth-order valence-corrected chi connectivity index (χ4v) is 3.33. The predicted octanol–water partition coefficient (Wildman–Crippen LogP) is 1.55. The van der Waals surface area contributed by atoms with Crippen LogP contribution in [0.3, 0.4) is 0 Å². The van der Waals surface area contributed by atoms with E-state index in [2.05, 4.69) is 0 Å². The fraction of sp³-hybridized carbons (Fsp3) is 0.857. The maximum Gasteiger partial charge on any atom is 0.309 e. The molecule has 18 heavy (non-hydrogen) atoms. The number of aliphatic hydroxyl groups is 1. The number of Topliss-reactive ketones (excluding diaryl/α,β-unsaturated/α-hetero) is 1. The lowest BCUT2D eigenvalue weighted by Crippen LogP contribution is -2.42. The van der Waals surface area contributed by atoms with Crippen LogP contribution in [0.15, 0.2) is 0 Å². The van der Waals surface area contributed by atoms with Gasteiger partial charge in [-0.25, -0.2) is 0 Å². The number of fused-ring (bicyclic) bond motifs is 2. The van der Waals surface area contributed by atoms with Gasteiger partial charge in [0.15, 0.2) is 0 Å². The summed E-state index contributed by atoms with van der Waals surface area (Å²) in [5, 5.41) is 10.2. The summed E-state index contributed by atoms with van der Waals surface area (Å²) in [6.07, 6.45) is 1.25. The number of aliphatic hydroxyl groups excluding tert-OH is 1. The van der Waals surface area contributed by atoms with Crippen LogP contribution in [-0.2, 0) is 14.3 Å². The van der Waals surface area contributed by atoms with Crippen LogP contribution in [0, 0.1) is 23.7 Å². The van der Waals surface area contributed by atoms with Gasteiger partial charge in [0.05, 0.1) is 12.0 Å². The molecule has 0 heterocycles. The molecule has 6 unspecified atom stereocenters. The molecule has 2 aliphatic carbocycles. The summed E-state index contributed by atoms with van der Waals surface area (Å²) in [7, 11) is 0. The Kier molecular flexibility index (Phi) is 3.76. The number of carbonyl (C=O) groups excluding carboxylic acids is 2. The van der Waals surface area contributed by atoms with Crippen molar-refractivity contribution in [3.05, 3.63) is 0 Å². The number of ether oxygens (including phenoxy) is 1. The molecular weight excluding hydrogens is 232 g/mol. The van der Waals surface area contributed by atoms with E-state index in [4.69, 9.17) is 4.74 Å². The molecule has 1 N–H and O–H groups in total. The average Bonchev–Trinajstić information content (AvgIpc) is 2.88. The first-order valence-electron chi connectivity index (χ1n) is 6.84. The van der Waals surface area contributed by atoms with Gasteiger partial charge in [-0.05, 0) is 38.0 Å². The molecule has 4 heteroatoms. The Morgan fingerprint density at radius 1 is 1.39 bits per heavy atom. The van der Waals surface area contributed by atoms with Gasteiger partial charge in [0, 0.05) is 5.92 Å². The zero-order valence-corrected chi connectivity index (χ0v) is 11.3. The van der Waals surface area contributed by atoms with E-state index in [1.807, 2.05) is 13.8 Å². The SMILES string of the molecule is CCC(C)C(=O)OC1C2CC(C(C)=O)C(C2)C1O. The third-order valence-corrected chi connectivity index (χ3v) is 4.68. The van der Waals surface area contributed by atoms with E-state index < -0.39 is 12.2 Å². The molecule has 0 amide bonds. The normalized spacial score (nSPS) is 39.7. The topological polar surface area (TPSA) is 63.6 Å². The minimum atomic E-state index is -0.661. The van der Waals surface area contributed by atoms with E-state index >= 15 is 0 Å². The van der Waals surface area contributed by atoms with E-state index in [1.54, 1.807) is 6.92 Å². The Labute approximate surface area is 108 Å². The van der Waals surface area contributed by atoms with E-state index in [-0.39, 0.29) is 35.4 Å². The molecule has 2 saturated carbocycles. The second-order valence-electron chi connectivity index (χ2n) is 5.81. The van der Waals surface area contributed by atoms with Crippen LogP contribution in [0.25, 0.3) is 0 Å². The Morgan fingerprint density at radius 2 is 2.06 bits per heavy atom. The molecule has 0 aromatic rings. The molecule has 2 fully saturated rings. The number of ketones is 1. The predicted molar refractivity (Wildman–Crippen MR) is 65.7 cm³/mol. The van der Waals surface area contributed by atoms with Crippen molar-refractivity contribution in [2.45, 2.75) is 52.2 Å². The molecule has 6 atom stereocenters. The van der Waals surface area contributed by atoms with Gasteiger partial charge in [-0.15, -0.1) is 0 Å². The largest absolute Gasteiger partial charge is 0.459 e. The van der Waals surface area contributed by atoms with Gasteiger partial charge in [-0.3, -0.25) is 9.59 Å². The number of esters is 1. The third kappa shape index (κ3) is 2.18. The van der Waals surface area contributed by atoms with Gasteiger partial charge >= 0.3 is 5.97 Å². The molecule has 2 aliphatic rings. The van der Waals surface area contributed by atoms with Crippen LogP contribution >= 0.6 is 0 Å². The lowest BCUT2D eigenvalue weighted by molar-refractivity contribution is -0.164. The van der Waals surface area contributed by atoms with Crippen LogP contribution in [0.1, 0.15) is 40.0 Å².